The third-order valence-electron chi connectivity index (χ3n) is 4.83. The normalized spacial score (nSPS) is 17.1. The van der Waals surface area contributed by atoms with Gasteiger partial charge in [0.15, 0.2) is 5.96 Å². The average molecular weight is 515 g/mol. The second-order valence-electron chi connectivity index (χ2n) is 6.77. The number of hydrogen-bond donors (Lipinski definition) is 2. The van der Waals surface area contributed by atoms with Crippen molar-refractivity contribution in [2.75, 3.05) is 32.1 Å². The summed E-state index contributed by atoms with van der Waals surface area (Å²) < 4.78 is 5.53. The zero-order chi connectivity index (χ0) is 19.2. The smallest absolute Gasteiger partial charge is 0.191 e. The maximum Gasteiger partial charge on any atom is 0.191 e. The molecule has 2 N–H and O–H groups in total. The SMILES string of the molecule is CN=C(NCc1sc(C)nc1C)NC1CCCN(c2ccccc2OC)C1.I. The molecule has 6 nitrogen and oxygen atoms in total. The Labute approximate surface area is 188 Å². The molecule has 154 valence electrons. The number of piperidine rings is 1. The Hall–Kier alpha value is -1.55. The number of guanidine groups is 1. The maximum atomic E-state index is 5.53. The van der Waals surface area contributed by atoms with Gasteiger partial charge in [-0.05, 0) is 38.8 Å². The predicted octanol–water partition coefficient (Wildman–Crippen LogP) is 3.72. The quantitative estimate of drug-likeness (QED) is 0.361. The fourth-order valence-corrected chi connectivity index (χ4v) is 4.37. The summed E-state index contributed by atoms with van der Waals surface area (Å²) in [5, 5.41) is 8.11. The molecule has 1 aliphatic heterocycles. The molecule has 28 heavy (non-hydrogen) atoms. The Morgan fingerprint density at radius 3 is 2.82 bits per heavy atom. The zero-order valence-corrected chi connectivity index (χ0v) is 20.1. The molecule has 1 aliphatic rings. The molecule has 3 rings (SSSR count). The number of nitrogens with zero attached hydrogens (tertiary/aromatic N) is 3. The highest BCUT2D eigenvalue weighted by Crippen LogP contribution is 2.29. The fraction of sp³-hybridized carbons (Fsp3) is 0.500. The van der Waals surface area contributed by atoms with Gasteiger partial charge < -0.3 is 20.3 Å². The van der Waals surface area contributed by atoms with Gasteiger partial charge in [0.2, 0.25) is 0 Å². The lowest BCUT2D eigenvalue weighted by molar-refractivity contribution is 0.408. The molecule has 0 aliphatic carbocycles. The van der Waals surface area contributed by atoms with E-state index in [0.717, 1.165) is 60.6 Å². The second-order valence-corrected chi connectivity index (χ2v) is 8.06. The Bertz CT molecular complexity index is 795. The Morgan fingerprint density at radius 2 is 2.14 bits per heavy atom. The van der Waals surface area contributed by atoms with Gasteiger partial charge in [-0.3, -0.25) is 4.99 Å². The number of aryl methyl sites for hydroxylation is 2. The van der Waals surface area contributed by atoms with Gasteiger partial charge in [-0.15, -0.1) is 35.3 Å². The van der Waals surface area contributed by atoms with Gasteiger partial charge in [-0.1, -0.05) is 12.1 Å². The molecule has 1 fully saturated rings. The minimum atomic E-state index is 0. The lowest BCUT2D eigenvalue weighted by Gasteiger charge is -2.36. The van der Waals surface area contributed by atoms with Gasteiger partial charge in [-0.25, -0.2) is 4.98 Å². The molecule has 1 unspecified atom stereocenters. The van der Waals surface area contributed by atoms with Crippen LogP contribution in [0.5, 0.6) is 5.75 Å². The van der Waals surface area contributed by atoms with Crippen molar-refractivity contribution in [2.45, 2.75) is 39.3 Å². The third kappa shape index (κ3) is 5.73. The molecule has 0 bridgehead atoms. The molecule has 0 spiro atoms. The summed E-state index contributed by atoms with van der Waals surface area (Å²) in [5.41, 5.74) is 2.26. The van der Waals surface area contributed by atoms with Gasteiger partial charge in [0.25, 0.3) is 0 Å². The van der Waals surface area contributed by atoms with Crippen molar-refractivity contribution in [2.24, 2.45) is 4.99 Å². The van der Waals surface area contributed by atoms with Gasteiger partial charge >= 0.3 is 0 Å². The first-order valence-electron chi connectivity index (χ1n) is 9.38. The Kier molecular flexibility index (Phi) is 8.81. The summed E-state index contributed by atoms with van der Waals surface area (Å²) in [7, 11) is 3.55. The van der Waals surface area contributed by atoms with Gasteiger partial charge in [-0.2, -0.15) is 0 Å². The molecule has 2 heterocycles. The highest BCUT2D eigenvalue weighted by Gasteiger charge is 2.22. The van der Waals surface area contributed by atoms with Crippen LogP contribution >= 0.6 is 35.3 Å². The van der Waals surface area contributed by atoms with E-state index in [9.17, 15) is 0 Å². The Balaban J connectivity index is 0.00000280. The van der Waals surface area contributed by atoms with E-state index in [0.29, 0.717) is 6.04 Å². The van der Waals surface area contributed by atoms with Gasteiger partial charge in [0.1, 0.15) is 5.75 Å². The first-order valence-corrected chi connectivity index (χ1v) is 10.2. The largest absolute Gasteiger partial charge is 0.495 e. The first kappa shape index (κ1) is 22.7. The van der Waals surface area contributed by atoms with Crippen LogP contribution in [0.2, 0.25) is 0 Å². The third-order valence-corrected chi connectivity index (χ3v) is 5.90. The van der Waals surface area contributed by atoms with Crippen molar-refractivity contribution in [3.05, 3.63) is 39.8 Å². The average Bonchev–Trinajstić information content (AvgIpc) is 3.02. The summed E-state index contributed by atoms with van der Waals surface area (Å²) >= 11 is 1.74. The minimum absolute atomic E-state index is 0. The molecule has 1 aromatic heterocycles. The van der Waals surface area contributed by atoms with Crippen LogP contribution in [-0.2, 0) is 6.54 Å². The number of ether oxygens (including phenoxy) is 1. The van der Waals surface area contributed by atoms with Crippen molar-refractivity contribution < 1.29 is 4.74 Å². The molecular formula is C20H30IN5OS. The van der Waals surface area contributed by atoms with Crippen molar-refractivity contribution >= 4 is 47.0 Å². The van der Waals surface area contributed by atoms with Crippen LogP contribution in [-0.4, -0.2) is 44.2 Å². The second kappa shape index (κ2) is 10.8. The highest BCUT2D eigenvalue weighted by atomic mass is 127. The van der Waals surface area contributed by atoms with Crippen LogP contribution in [0.25, 0.3) is 0 Å². The first-order chi connectivity index (χ1) is 13.1. The van der Waals surface area contributed by atoms with E-state index in [2.05, 4.69) is 44.6 Å². The lowest BCUT2D eigenvalue weighted by atomic mass is 10.0. The number of aliphatic imine (C=N–C) groups is 1. The molecule has 1 aromatic carbocycles. The van der Waals surface area contributed by atoms with Gasteiger partial charge in [0.05, 0.1) is 30.0 Å². The topological polar surface area (TPSA) is 61.8 Å². The van der Waals surface area contributed by atoms with E-state index >= 15 is 0 Å². The zero-order valence-electron chi connectivity index (χ0n) is 17.0. The molecule has 1 atom stereocenters. The standard InChI is InChI=1S/C20H29N5OS.HI/c1-14-19(27-15(2)23-14)12-22-20(21-3)24-16-8-7-11-25(13-16)17-9-5-6-10-18(17)26-4;/h5-6,9-10,16H,7-8,11-13H2,1-4H3,(H2,21,22,24);1H. The number of thiazole rings is 1. The van der Waals surface area contributed by atoms with E-state index in [1.54, 1.807) is 18.4 Å². The minimum Gasteiger partial charge on any atom is -0.495 e. The number of hydrogen-bond acceptors (Lipinski definition) is 5. The van der Waals surface area contributed by atoms with Crippen LogP contribution in [0.4, 0.5) is 5.69 Å². The Morgan fingerprint density at radius 1 is 1.36 bits per heavy atom. The number of halogens is 1. The van der Waals surface area contributed by atoms with Crippen LogP contribution in [0.3, 0.4) is 0 Å². The number of methoxy groups -OCH3 is 1. The monoisotopic (exact) mass is 515 g/mol. The maximum absolute atomic E-state index is 5.53. The number of para-hydroxylation sites is 2. The molecule has 2 aromatic rings. The van der Waals surface area contributed by atoms with Crippen LogP contribution in [0.1, 0.15) is 28.4 Å². The fourth-order valence-electron chi connectivity index (χ4n) is 3.49. The molecule has 8 heteroatoms. The molecule has 1 saturated heterocycles. The summed E-state index contributed by atoms with van der Waals surface area (Å²) in [5.74, 6) is 1.77. The molecule has 0 amide bonds. The number of aromatic nitrogens is 1. The summed E-state index contributed by atoms with van der Waals surface area (Å²) in [6.45, 7) is 6.83. The van der Waals surface area contributed by atoms with E-state index in [4.69, 9.17) is 4.74 Å². The summed E-state index contributed by atoms with van der Waals surface area (Å²) in [6, 6.07) is 8.57. The van der Waals surface area contributed by atoms with E-state index < -0.39 is 0 Å². The molecular weight excluding hydrogens is 485 g/mol. The summed E-state index contributed by atoms with van der Waals surface area (Å²) in [4.78, 5) is 12.5. The van der Waals surface area contributed by atoms with Crippen LogP contribution in [0.15, 0.2) is 29.3 Å². The van der Waals surface area contributed by atoms with Crippen LogP contribution < -0.4 is 20.3 Å². The van der Waals surface area contributed by atoms with Crippen molar-refractivity contribution in [3.8, 4) is 5.75 Å². The predicted molar refractivity (Wildman–Crippen MR) is 129 cm³/mol. The van der Waals surface area contributed by atoms with E-state index in [-0.39, 0.29) is 24.0 Å². The van der Waals surface area contributed by atoms with E-state index in [1.165, 1.54) is 4.88 Å². The van der Waals surface area contributed by atoms with Crippen molar-refractivity contribution in [3.63, 3.8) is 0 Å². The van der Waals surface area contributed by atoms with Crippen molar-refractivity contribution in [1.29, 1.82) is 0 Å². The summed E-state index contributed by atoms with van der Waals surface area (Å²) in [6.07, 6.45) is 2.27. The number of nitrogens with one attached hydrogen (secondary N) is 2. The highest BCUT2D eigenvalue weighted by molar-refractivity contribution is 14.0. The molecule has 0 radical (unpaired) electrons. The van der Waals surface area contributed by atoms with E-state index in [1.807, 2.05) is 26.1 Å². The lowest BCUT2D eigenvalue weighted by Crippen LogP contribution is -2.51. The number of rotatable bonds is 5. The number of anilines is 1. The molecule has 0 saturated carbocycles. The van der Waals surface area contributed by atoms with Crippen molar-refractivity contribution in [1.82, 2.24) is 15.6 Å². The number of benzene rings is 1. The van der Waals surface area contributed by atoms with Crippen LogP contribution in [0, 0.1) is 13.8 Å². The van der Waals surface area contributed by atoms with Gasteiger partial charge in [0, 0.05) is 31.1 Å².